The molecule has 0 saturated carbocycles. The summed E-state index contributed by atoms with van der Waals surface area (Å²) in [6, 6.07) is 3.89. The Hall–Kier alpha value is -2.16. The van der Waals surface area contributed by atoms with E-state index in [1.165, 1.54) is 6.20 Å². The maximum absolute atomic E-state index is 10.7. The van der Waals surface area contributed by atoms with Crippen LogP contribution in [0, 0.1) is 16.0 Å². The lowest BCUT2D eigenvalue weighted by molar-refractivity contribution is -0.389. The normalized spacial score (nSPS) is 16.9. The van der Waals surface area contributed by atoms with Gasteiger partial charge in [-0.3, -0.25) is 4.57 Å². The van der Waals surface area contributed by atoms with Crippen LogP contribution in [0.15, 0.2) is 29.1 Å². The third-order valence-corrected chi connectivity index (χ3v) is 3.47. The highest BCUT2D eigenvalue weighted by Crippen LogP contribution is 2.24. The minimum atomic E-state index is -0.534. The smallest absolute Gasteiger partial charge is 0.414 e. The van der Waals surface area contributed by atoms with Crippen molar-refractivity contribution < 1.29 is 14.4 Å². The van der Waals surface area contributed by atoms with E-state index in [-0.39, 0.29) is 17.7 Å². The summed E-state index contributed by atoms with van der Waals surface area (Å²) in [6.07, 6.45) is 3.00. The lowest BCUT2D eigenvalue weighted by atomic mass is 10.1. The Morgan fingerprint density at radius 2 is 2.43 bits per heavy atom. The van der Waals surface area contributed by atoms with Crippen molar-refractivity contribution in [3.05, 3.63) is 39.2 Å². The molecule has 1 unspecified atom stereocenters. The fourth-order valence-corrected chi connectivity index (χ4v) is 2.24. The van der Waals surface area contributed by atoms with Gasteiger partial charge in [0, 0.05) is 17.4 Å². The van der Waals surface area contributed by atoms with Gasteiger partial charge < -0.3 is 19.6 Å². The second-order valence-electron chi connectivity index (χ2n) is 4.60. The number of halogens is 1. The first kappa shape index (κ1) is 13.8. The van der Waals surface area contributed by atoms with Crippen molar-refractivity contribution in [3.63, 3.8) is 0 Å². The molecule has 8 nitrogen and oxygen atoms in total. The van der Waals surface area contributed by atoms with E-state index < -0.39 is 4.92 Å². The first-order valence-electron chi connectivity index (χ1n) is 6.20. The fourth-order valence-electron chi connectivity index (χ4n) is 2.01. The van der Waals surface area contributed by atoms with Crippen molar-refractivity contribution in [3.8, 4) is 11.8 Å². The molecule has 0 aliphatic carbocycles. The molecule has 0 amide bonds. The van der Waals surface area contributed by atoms with Crippen molar-refractivity contribution >= 4 is 21.7 Å². The topological polar surface area (TPSA) is 92.3 Å². The van der Waals surface area contributed by atoms with Gasteiger partial charge in [-0.05, 0) is 33.0 Å². The highest BCUT2D eigenvalue weighted by Gasteiger charge is 2.28. The van der Waals surface area contributed by atoms with Gasteiger partial charge in [0.05, 0.1) is 12.8 Å². The van der Waals surface area contributed by atoms with Crippen LogP contribution in [0.5, 0.6) is 11.8 Å². The largest absolute Gasteiger partial charge is 0.491 e. The first-order chi connectivity index (χ1) is 10.1. The van der Waals surface area contributed by atoms with Crippen molar-refractivity contribution in [1.82, 2.24) is 14.5 Å². The Morgan fingerprint density at radius 1 is 1.57 bits per heavy atom. The monoisotopic (exact) mass is 354 g/mol. The van der Waals surface area contributed by atoms with Gasteiger partial charge in [0.15, 0.2) is 0 Å². The van der Waals surface area contributed by atoms with Gasteiger partial charge in [-0.1, -0.05) is 0 Å². The predicted octanol–water partition coefficient (Wildman–Crippen LogP) is 2.04. The number of rotatable bonds is 4. The summed E-state index contributed by atoms with van der Waals surface area (Å²) < 4.78 is 13.4. The lowest BCUT2D eigenvalue weighted by Gasteiger charge is -2.22. The summed E-state index contributed by atoms with van der Waals surface area (Å²) in [5.74, 6) is 0.555. The maximum atomic E-state index is 10.7. The molecule has 0 radical (unpaired) electrons. The van der Waals surface area contributed by atoms with Crippen LogP contribution in [-0.2, 0) is 6.54 Å². The molecule has 3 rings (SSSR count). The minimum absolute atomic E-state index is 0.0925. The number of hydrogen-bond donors (Lipinski definition) is 0. The average molecular weight is 355 g/mol. The lowest BCUT2D eigenvalue weighted by Crippen LogP contribution is -2.29. The van der Waals surface area contributed by atoms with Crippen molar-refractivity contribution in [2.75, 3.05) is 13.2 Å². The molecule has 3 heterocycles. The second-order valence-corrected chi connectivity index (χ2v) is 5.41. The SMILES string of the molecule is O=[N+]([O-])c1cn2c(n1)OCC(COc1ccc(Br)nc1)C2. The van der Waals surface area contributed by atoms with Crippen LogP contribution < -0.4 is 9.47 Å². The summed E-state index contributed by atoms with van der Waals surface area (Å²) >= 11 is 3.25. The number of pyridine rings is 1. The molecule has 0 N–H and O–H groups in total. The zero-order chi connectivity index (χ0) is 14.8. The zero-order valence-corrected chi connectivity index (χ0v) is 12.4. The van der Waals surface area contributed by atoms with Crippen molar-refractivity contribution in [2.24, 2.45) is 5.92 Å². The van der Waals surface area contributed by atoms with E-state index in [1.54, 1.807) is 16.8 Å². The van der Waals surface area contributed by atoms with E-state index in [4.69, 9.17) is 9.47 Å². The van der Waals surface area contributed by atoms with E-state index >= 15 is 0 Å². The Bertz CT molecular complexity index is 658. The molecule has 9 heteroatoms. The van der Waals surface area contributed by atoms with Gasteiger partial charge in [0.25, 0.3) is 0 Å². The number of fused-ring (bicyclic) bond motifs is 1. The Morgan fingerprint density at radius 3 is 3.14 bits per heavy atom. The average Bonchev–Trinajstić information content (AvgIpc) is 2.90. The molecule has 0 spiro atoms. The highest BCUT2D eigenvalue weighted by molar-refractivity contribution is 9.10. The van der Waals surface area contributed by atoms with E-state index in [2.05, 4.69) is 25.9 Å². The Balaban J connectivity index is 1.61. The van der Waals surface area contributed by atoms with Gasteiger partial charge in [-0.15, -0.1) is 0 Å². The van der Waals surface area contributed by atoms with Crippen LogP contribution in [0.25, 0.3) is 0 Å². The van der Waals surface area contributed by atoms with Gasteiger partial charge in [0.1, 0.15) is 23.2 Å². The number of hydrogen-bond acceptors (Lipinski definition) is 6. The van der Waals surface area contributed by atoms with Crippen LogP contribution in [0.1, 0.15) is 0 Å². The van der Waals surface area contributed by atoms with Crippen LogP contribution in [0.3, 0.4) is 0 Å². The molecule has 21 heavy (non-hydrogen) atoms. The molecular weight excluding hydrogens is 344 g/mol. The number of aromatic nitrogens is 3. The molecule has 110 valence electrons. The highest BCUT2D eigenvalue weighted by atomic mass is 79.9. The van der Waals surface area contributed by atoms with Crippen LogP contribution in [0.4, 0.5) is 5.82 Å². The van der Waals surface area contributed by atoms with Gasteiger partial charge in [0.2, 0.25) is 0 Å². The molecule has 0 bridgehead atoms. The third kappa shape index (κ3) is 3.13. The first-order valence-corrected chi connectivity index (χ1v) is 7.00. The van der Waals surface area contributed by atoms with E-state index in [0.29, 0.717) is 25.5 Å². The molecule has 0 fully saturated rings. The quantitative estimate of drug-likeness (QED) is 0.473. The van der Waals surface area contributed by atoms with Crippen LogP contribution in [0.2, 0.25) is 0 Å². The minimum Gasteiger partial charge on any atom is -0.491 e. The summed E-state index contributed by atoms with van der Waals surface area (Å²) in [7, 11) is 0. The van der Waals surface area contributed by atoms with E-state index in [1.807, 2.05) is 6.07 Å². The number of nitrogens with zero attached hydrogens (tertiary/aromatic N) is 4. The van der Waals surface area contributed by atoms with Crippen molar-refractivity contribution in [1.29, 1.82) is 0 Å². The van der Waals surface area contributed by atoms with Crippen molar-refractivity contribution in [2.45, 2.75) is 6.54 Å². The number of nitro groups is 1. The van der Waals surface area contributed by atoms with E-state index in [0.717, 1.165) is 4.60 Å². The molecule has 0 aromatic carbocycles. The third-order valence-electron chi connectivity index (χ3n) is 3.00. The van der Waals surface area contributed by atoms with Crippen LogP contribution in [-0.4, -0.2) is 32.7 Å². The second kappa shape index (κ2) is 5.68. The molecule has 2 aromatic heterocycles. The summed E-state index contributed by atoms with van der Waals surface area (Å²) in [5, 5.41) is 10.7. The van der Waals surface area contributed by atoms with E-state index in [9.17, 15) is 10.1 Å². The van der Waals surface area contributed by atoms with Crippen LogP contribution >= 0.6 is 15.9 Å². The van der Waals surface area contributed by atoms with Gasteiger partial charge in [-0.25, -0.2) is 4.98 Å². The maximum Gasteiger partial charge on any atom is 0.414 e. The molecule has 1 atom stereocenters. The number of ether oxygens (including phenoxy) is 2. The number of imidazole rings is 1. The molecule has 0 saturated heterocycles. The standard InChI is InChI=1S/C12H11BrN4O4/c13-10-2-1-9(3-14-10)20-6-8-4-16-5-11(17(18)19)15-12(16)21-7-8/h1-3,5,8H,4,6-7H2. The Labute approximate surface area is 128 Å². The molecule has 2 aromatic rings. The fraction of sp³-hybridized carbons (Fsp3) is 0.333. The van der Waals surface area contributed by atoms with Gasteiger partial charge >= 0.3 is 11.8 Å². The zero-order valence-electron chi connectivity index (χ0n) is 10.8. The summed E-state index contributed by atoms with van der Waals surface area (Å²) in [4.78, 5) is 18.0. The molecule has 1 aliphatic rings. The summed E-state index contributed by atoms with van der Waals surface area (Å²) in [6.45, 7) is 1.42. The predicted molar refractivity (Wildman–Crippen MR) is 75.3 cm³/mol. The molecule has 1 aliphatic heterocycles. The summed E-state index contributed by atoms with van der Waals surface area (Å²) in [5.41, 5.74) is 0. The molecular formula is C12H11BrN4O4. The van der Waals surface area contributed by atoms with Gasteiger partial charge in [-0.2, -0.15) is 0 Å². The Kier molecular flexibility index (Phi) is 3.74.